The van der Waals surface area contributed by atoms with Gasteiger partial charge in [-0.25, -0.2) is 4.98 Å². The van der Waals surface area contributed by atoms with Crippen molar-refractivity contribution < 1.29 is 0 Å². The summed E-state index contributed by atoms with van der Waals surface area (Å²) in [6.07, 6.45) is 3.87. The molecule has 0 saturated heterocycles. The van der Waals surface area contributed by atoms with Gasteiger partial charge in [0.1, 0.15) is 0 Å². The third kappa shape index (κ3) is 5.21. The molecule has 0 amide bonds. The minimum atomic E-state index is 0.893. The fourth-order valence-electron chi connectivity index (χ4n) is 4.01. The minimum absolute atomic E-state index is 0.893. The van der Waals surface area contributed by atoms with E-state index in [0.717, 1.165) is 59.9 Å². The molecular formula is C29H35N3. The summed E-state index contributed by atoms with van der Waals surface area (Å²) in [6, 6.07) is 19.1. The molecule has 0 saturated carbocycles. The van der Waals surface area contributed by atoms with E-state index in [2.05, 4.69) is 70.2 Å². The van der Waals surface area contributed by atoms with E-state index in [-0.39, 0.29) is 0 Å². The fraction of sp³-hybridized carbons (Fsp3) is 0.345. The first kappa shape index (κ1) is 23.6. The number of benzene rings is 2. The zero-order valence-corrected chi connectivity index (χ0v) is 20.4. The van der Waals surface area contributed by atoms with Gasteiger partial charge in [0.05, 0.1) is 34.2 Å². The highest BCUT2D eigenvalue weighted by atomic mass is 14.8. The van der Waals surface area contributed by atoms with Crippen LogP contribution in [0.5, 0.6) is 0 Å². The monoisotopic (exact) mass is 425 g/mol. The average molecular weight is 426 g/mol. The van der Waals surface area contributed by atoms with Crippen LogP contribution in [0, 0.1) is 0 Å². The number of aromatic nitrogens is 1. The van der Waals surface area contributed by atoms with Crippen LogP contribution in [0.4, 0.5) is 11.4 Å². The number of rotatable bonds is 8. The lowest BCUT2D eigenvalue weighted by Crippen LogP contribution is -2.06. The van der Waals surface area contributed by atoms with Crippen LogP contribution in [-0.4, -0.2) is 16.4 Å². The third-order valence-electron chi connectivity index (χ3n) is 5.98. The standard InChI is InChI=1S/C29H35N3/c1-7-22-14-11-15-23(8-2)28(22)30-20(5)26-18-13-19-27(32-26)21(6)31-29-24(9-3)16-12-17-25(29)10-4/h11-19H,7-10H2,1-6H3/b30-20+,31-21+. The van der Waals surface area contributed by atoms with E-state index in [0.29, 0.717) is 0 Å². The first-order valence-electron chi connectivity index (χ1n) is 11.8. The summed E-state index contributed by atoms with van der Waals surface area (Å²) < 4.78 is 0. The first-order chi connectivity index (χ1) is 15.5. The van der Waals surface area contributed by atoms with Gasteiger partial charge in [0.15, 0.2) is 0 Å². The second-order valence-electron chi connectivity index (χ2n) is 8.07. The zero-order valence-electron chi connectivity index (χ0n) is 20.4. The summed E-state index contributed by atoms with van der Waals surface area (Å²) >= 11 is 0. The van der Waals surface area contributed by atoms with E-state index in [9.17, 15) is 0 Å². The van der Waals surface area contributed by atoms with Crippen molar-refractivity contribution in [1.29, 1.82) is 0 Å². The smallest absolute Gasteiger partial charge is 0.0849 e. The van der Waals surface area contributed by atoms with Crippen molar-refractivity contribution in [3.8, 4) is 0 Å². The highest BCUT2D eigenvalue weighted by Gasteiger charge is 2.10. The van der Waals surface area contributed by atoms with Crippen LogP contribution in [-0.2, 0) is 25.7 Å². The van der Waals surface area contributed by atoms with Crippen molar-refractivity contribution in [3.05, 3.63) is 88.2 Å². The molecule has 0 spiro atoms. The molecule has 0 aliphatic rings. The van der Waals surface area contributed by atoms with Crippen LogP contribution in [0.15, 0.2) is 64.6 Å². The Hall–Kier alpha value is -3.07. The van der Waals surface area contributed by atoms with E-state index in [1.165, 1.54) is 22.3 Å². The molecule has 0 fully saturated rings. The van der Waals surface area contributed by atoms with Crippen LogP contribution in [0.1, 0.15) is 75.2 Å². The maximum Gasteiger partial charge on any atom is 0.0849 e. The van der Waals surface area contributed by atoms with Crippen molar-refractivity contribution in [1.82, 2.24) is 4.98 Å². The number of nitrogens with zero attached hydrogens (tertiary/aromatic N) is 3. The second-order valence-corrected chi connectivity index (χ2v) is 8.07. The maximum absolute atomic E-state index is 5.02. The van der Waals surface area contributed by atoms with Gasteiger partial charge < -0.3 is 0 Å². The summed E-state index contributed by atoms with van der Waals surface area (Å²) in [7, 11) is 0. The molecule has 3 nitrogen and oxygen atoms in total. The normalized spacial score (nSPS) is 12.3. The van der Waals surface area contributed by atoms with Crippen molar-refractivity contribution in [2.75, 3.05) is 0 Å². The van der Waals surface area contributed by atoms with Crippen molar-refractivity contribution >= 4 is 22.8 Å². The van der Waals surface area contributed by atoms with Gasteiger partial charge in [0, 0.05) is 0 Å². The number of pyridine rings is 1. The summed E-state index contributed by atoms with van der Waals surface area (Å²) in [6.45, 7) is 12.8. The first-order valence-corrected chi connectivity index (χ1v) is 11.8. The Bertz CT molecular complexity index is 1010. The Morgan fingerprint density at radius 3 is 1.19 bits per heavy atom. The van der Waals surface area contributed by atoms with Gasteiger partial charge in [-0.3, -0.25) is 9.98 Å². The van der Waals surface area contributed by atoms with E-state index in [1.807, 2.05) is 26.0 Å². The number of aryl methyl sites for hydroxylation is 4. The molecule has 0 aliphatic heterocycles. The van der Waals surface area contributed by atoms with Crippen LogP contribution >= 0.6 is 0 Å². The van der Waals surface area contributed by atoms with Crippen molar-refractivity contribution in [2.24, 2.45) is 9.98 Å². The summed E-state index contributed by atoms with van der Waals surface area (Å²) in [4.78, 5) is 15.0. The molecule has 0 radical (unpaired) electrons. The second kappa shape index (κ2) is 11.0. The number of hydrogen-bond acceptors (Lipinski definition) is 3. The lowest BCUT2D eigenvalue weighted by molar-refractivity contribution is 1.08. The van der Waals surface area contributed by atoms with Gasteiger partial charge in [-0.2, -0.15) is 0 Å². The maximum atomic E-state index is 5.02. The molecule has 1 aromatic heterocycles. The van der Waals surface area contributed by atoms with Crippen LogP contribution in [0.3, 0.4) is 0 Å². The Morgan fingerprint density at radius 2 is 0.875 bits per heavy atom. The molecule has 1 heterocycles. The summed E-state index contributed by atoms with van der Waals surface area (Å²) in [5.74, 6) is 0. The highest BCUT2D eigenvalue weighted by molar-refractivity contribution is 6.02. The Labute approximate surface area is 193 Å². The van der Waals surface area contributed by atoms with Crippen LogP contribution in [0.25, 0.3) is 0 Å². The number of para-hydroxylation sites is 2. The van der Waals surface area contributed by atoms with Crippen LogP contribution in [0.2, 0.25) is 0 Å². The summed E-state index contributed by atoms with van der Waals surface area (Å²) in [5, 5.41) is 0. The summed E-state index contributed by atoms with van der Waals surface area (Å²) in [5.41, 5.74) is 10.9. The number of hydrogen-bond donors (Lipinski definition) is 0. The predicted octanol–water partition coefficient (Wildman–Crippen LogP) is 7.61. The molecule has 0 aliphatic carbocycles. The van der Waals surface area contributed by atoms with Gasteiger partial charge in [-0.1, -0.05) is 70.2 Å². The van der Waals surface area contributed by atoms with Crippen LogP contribution < -0.4 is 0 Å². The molecule has 0 bridgehead atoms. The Balaban J connectivity index is 2.01. The van der Waals surface area contributed by atoms with Gasteiger partial charge in [-0.15, -0.1) is 0 Å². The third-order valence-corrected chi connectivity index (χ3v) is 5.98. The molecule has 3 heteroatoms. The van der Waals surface area contributed by atoms with E-state index in [4.69, 9.17) is 15.0 Å². The predicted molar refractivity (Wildman–Crippen MR) is 138 cm³/mol. The zero-order chi connectivity index (χ0) is 23.1. The van der Waals surface area contributed by atoms with Gasteiger partial charge in [-0.05, 0) is 73.9 Å². The molecule has 0 N–H and O–H groups in total. The number of aliphatic imine (C=N–C) groups is 2. The highest BCUT2D eigenvalue weighted by Crippen LogP contribution is 2.28. The Morgan fingerprint density at radius 1 is 0.562 bits per heavy atom. The van der Waals surface area contributed by atoms with Crippen molar-refractivity contribution in [3.63, 3.8) is 0 Å². The van der Waals surface area contributed by atoms with E-state index >= 15 is 0 Å². The van der Waals surface area contributed by atoms with Gasteiger partial charge in [0.25, 0.3) is 0 Å². The molecule has 0 unspecified atom stereocenters. The minimum Gasteiger partial charge on any atom is -0.251 e. The molecule has 3 rings (SSSR count). The average Bonchev–Trinajstić information content (AvgIpc) is 2.84. The molecule has 0 atom stereocenters. The topological polar surface area (TPSA) is 37.6 Å². The SMILES string of the molecule is CCc1cccc(CC)c1/N=C(\C)c1cccc(/C(C)=N/c2c(CC)cccc2CC)n1. The largest absolute Gasteiger partial charge is 0.251 e. The molecule has 2 aromatic carbocycles. The van der Waals surface area contributed by atoms with Gasteiger partial charge in [0.2, 0.25) is 0 Å². The lowest BCUT2D eigenvalue weighted by atomic mass is 10.0. The van der Waals surface area contributed by atoms with Crippen molar-refractivity contribution in [2.45, 2.75) is 67.2 Å². The molecule has 166 valence electrons. The Kier molecular flexibility index (Phi) is 8.10. The molecule has 3 aromatic rings. The fourth-order valence-corrected chi connectivity index (χ4v) is 4.01. The van der Waals surface area contributed by atoms with Gasteiger partial charge >= 0.3 is 0 Å². The molecular weight excluding hydrogens is 390 g/mol. The van der Waals surface area contributed by atoms with E-state index < -0.39 is 0 Å². The quantitative estimate of drug-likeness (QED) is 0.342. The lowest BCUT2D eigenvalue weighted by Gasteiger charge is -2.12. The molecule has 32 heavy (non-hydrogen) atoms. The van der Waals surface area contributed by atoms with E-state index in [1.54, 1.807) is 0 Å².